The second-order valence-electron chi connectivity index (χ2n) is 3.72. The average Bonchev–Trinajstić information content (AvgIpc) is 2.17. The van der Waals surface area contributed by atoms with Crippen molar-refractivity contribution in [3.05, 3.63) is 29.3 Å². The lowest BCUT2D eigenvalue weighted by molar-refractivity contribution is -0.119. The molecule has 1 amide bonds. The van der Waals surface area contributed by atoms with E-state index in [4.69, 9.17) is 17.3 Å². The highest BCUT2D eigenvalue weighted by Crippen LogP contribution is 2.38. The first kappa shape index (κ1) is 12.3. The van der Waals surface area contributed by atoms with E-state index in [0.717, 1.165) is 4.90 Å². The predicted molar refractivity (Wildman–Crippen MR) is 67.7 cm³/mol. The second kappa shape index (κ2) is 4.37. The van der Waals surface area contributed by atoms with Crippen LogP contribution in [0.15, 0.2) is 29.2 Å². The van der Waals surface area contributed by atoms with Crippen molar-refractivity contribution in [1.29, 1.82) is 0 Å². The Morgan fingerprint density at radius 3 is 2.27 bits per heavy atom. The Labute approximate surface area is 97.4 Å². The number of carbonyl (C=O) groups excluding carboxylic acids is 1. The Kier molecular flexibility index (Phi) is 3.58. The molecule has 15 heavy (non-hydrogen) atoms. The molecule has 0 saturated carbocycles. The topological polar surface area (TPSA) is 43.1 Å². The fourth-order valence-corrected chi connectivity index (χ4v) is 2.44. The molecule has 1 aromatic rings. The van der Waals surface area contributed by atoms with E-state index in [1.807, 2.05) is 12.1 Å². The van der Waals surface area contributed by atoms with E-state index in [0.29, 0.717) is 5.02 Å². The van der Waals surface area contributed by atoms with E-state index in [2.05, 4.69) is 5.87 Å². The van der Waals surface area contributed by atoms with Gasteiger partial charge in [0, 0.05) is 9.92 Å². The number of hydrogen-bond donors (Lipinski definition) is 1. The van der Waals surface area contributed by atoms with Crippen LogP contribution in [0.1, 0.15) is 13.8 Å². The summed E-state index contributed by atoms with van der Waals surface area (Å²) in [6, 6.07) is 7.34. The first-order chi connectivity index (χ1) is 6.85. The minimum absolute atomic E-state index is 0.337. The lowest BCUT2D eigenvalue weighted by Gasteiger charge is -2.24. The van der Waals surface area contributed by atoms with Gasteiger partial charge < -0.3 is 5.73 Å². The van der Waals surface area contributed by atoms with Gasteiger partial charge in [-0.2, -0.15) is 0 Å². The number of hydrogen-bond acceptors (Lipinski definition) is 1. The monoisotopic (exact) mass is 243 g/mol. The molecule has 1 rings (SSSR count). The molecule has 2 N–H and O–H groups in total. The van der Waals surface area contributed by atoms with Gasteiger partial charge in [0.1, 0.15) is 0 Å². The summed E-state index contributed by atoms with van der Waals surface area (Å²) in [6.07, 6.45) is 0. The Balaban J connectivity index is 3.05. The lowest BCUT2D eigenvalue weighted by atomic mass is 10.2. The van der Waals surface area contributed by atoms with E-state index in [1.165, 1.54) is 0 Å². The van der Waals surface area contributed by atoms with Crippen molar-refractivity contribution < 1.29 is 4.79 Å². The molecule has 0 aromatic heterocycles. The Bertz CT molecular complexity index is 398. The van der Waals surface area contributed by atoms with Crippen molar-refractivity contribution in [1.82, 2.24) is 0 Å². The molecule has 0 saturated heterocycles. The summed E-state index contributed by atoms with van der Waals surface area (Å²) in [7, 11) is -0.465. The standard InChI is InChI=1S/C11H14ClNOS/c1-11(2,10(13)14)15(3)9-6-4-8(12)5-7-9/h4-7H,3H2,1-2H3,(H2,13,14). The van der Waals surface area contributed by atoms with Crippen molar-refractivity contribution in [2.45, 2.75) is 23.5 Å². The SMILES string of the molecule is C=S(c1ccc(Cl)cc1)C(C)(C)C(N)=O. The van der Waals surface area contributed by atoms with Crippen LogP contribution in [0.4, 0.5) is 0 Å². The van der Waals surface area contributed by atoms with Gasteiger partial charge in [-0.25, -0.2) is 0 Å². The van der Waals surface area contributed by atoms with Crippen LogP contribution in [0.3, 0.4) is 0 Å². The Hall–Kier alpha value is -0.800. The molecule has 1 unspecified atom stereocenters. The highest BCUT2D eigenvalue weighted by atomic mass is 35.5. The zero-order chi connectivity index (χ0) is 11.6. The van der Waals surface area contributed by atoms with Gasteiger partial charge >= 0.3 is 0 Å². The van der Waals surface area contributed by atoms with E-state index >= 15 is 0 Å². The smallest absolute Gasteiger partial charge is 0.232 e. The van der Waals surface area contributed by atoms with Gasteiger partial charge in [0.2, 0.25) is 5.91 Å². The van der Waals surface area contributed by atoms with E-state index < -0.39 is 15.2 Å². The average molecular weight is 244 g/mol. The molecule has 0 aliphatic heterocycles. The maximum Gasteiger partial charge on any atom is 0.232 e. The summed E-state index contributed by atoms with van der Waals surface area (Å²) >= 11 is 5.78. The second-order valence-corrected chi connectivity index (χ2v) is 6.43. The third kappa shape index (κ3) is 2.61. The van der Waals surface area contributed by atoms with Crippen molar-refractivity contribution in [3.8, 4) is 0 Å². The Morgan fingerprint density at radius 2 is 1.87 bits per heavy atom. The summed E-state index contributed by atoms with van der Waals surface area (Å²) in [5.74, 6) is 3.68. The van der Waals surface area contributed by atoms with Crippen molar-refractivity contribution in [2.24, 2.45) is 5.73 Å². The van der Waals surface area contributed by atoms with Crippen LogP contribution in [-0.2, 0) is 4.79 Å². The van der Waals surface area contributed by atoms with Gasteiger partial charge in [-0.15, -0.1) is 10.5 Å². The third-order valence-electron chi connectivity index (χ3n) is 2.31. The summed E-state index contributed by atoms with van der Waals surface area (Å²) < 4.78 is -0.631. The van der Waals surface area contributed by atoms with Crippen LogP contribution in [-0.4, -0.2) is 16.5 Å². The number of amides is 1. The van der Waals surface area contributed by atoms with Gasteiger partial charge in [-0.1, -0.05) is 17.5 Å². The summed E-state index contributed by atoms with van der Waals surface area (Å²) in [5.41, 5.74) is 5.34. The molecule has 0 aliphatic carbocycles. The van der Waals surface area contributed by atoms with Crippen molar-refractivity contribution in [3.63, 3.8) is 0 Å². The number of carbonyl (C=O) groups is 1. The van der Waals surface area contributed by atoms with E-state index in [-0.39, 0.29) is 5.91 Å². The molecule has 1 atom stereocenters. The molecule has 1 aromatic carbocycles. The van der Waals surface area contributed by atoms with E-state index in [1.54, 1.807) is 26.0 Å². The maximum atomic E-state index is 11.3. The minimum atomic E-state index is -0.631. The summed E-state index contributed by atoms with van der Waals surface area (Å²) in [6.45, 7) is 3.61. The van der Waals surface area contributed by atoms with Crippen molar-refractivity contribution in [2.75, 3.05) is 0 Å². The number of primary amides is 1. The fourth-order valence-electron chi connectivity index (χ4n) is 1.01. The zero-order valence-electron chi connectivity index (χ0n) is 8.79. The molecular weight excluding hydrogens is 230 g/mol. The lowest BCUT2D eigenvalue weighted by Crippen LogP contribution is -2.36. The van der Waals surface area contributed by atoms with Gasteiger partial charge in [0.15, 0.2) is 0 Å². The number of halogens is 1. The largest absolute Gasteiger partial charge is 0.368 e. The number of nitrogens with two attached hydrogens (primary N) is 1. The fraction of sp³-hybridized carbons (Fsp3) is 0.273. The molecule has 2 nitrogen and oxygen atoms in total. The minimum Gasteiger partial charge on any atom is -0.368 e. The first-order valence-corrected chi connectivity index (χ1v) is 6.22. The highest BCUT2D eigenvalue weighted by Gasteiger charge is 2.28. The van der Waals surface area contributed by atoms with Gasteiger partial charge in [-0.3, -0.25) is 4.79 Å². The molecule has 82 valence electrons. The Morgan fingerprint density at radius 1 is 1.40 bits per heavy atom. The first-order valence-electron chi connectivity index (χ1n) is 4.45. The molecule has 0 heterocycles. The molecule has 0 radical (unpaired) electrons. The van der Waals surface area contributed by atoms with E-state index in [9.17, 15) is 4.79 Å². The quantitative estimate of drug-likeness (QED) is 0.815. The third-order valence-corrected chi connectivity index (χ3v) is 4.83. The highest BCUT2D eigenvalue weighted by molar-refractivity contribution is 8.15. The molecule has 0 fully saturated rings. The molecule has 4 heteroatoms. The van der Waals surface area contributed by atoms with Crippen LogP contribution in [0.2, 0.25) is 5.02 Å². The summed E-state index contributed by atoms with van der Waals surface area (Å²) in [4.78, 5) is 12.3. The summed E-state index contributed by atoms with van der Waals surface area (Å²) in [5, 5.41) is 0.674. The molecule has 0 bridgehead atoms. The maximum absolute atomic E-state index is 11.3. The zero-order valence-corrected chi connectivity index (χ0v) is 10.4. The van der Waals surface area contributed by atoms with Crippen LogP contribution in [0, 0.1) is 0 Å². The molecule has 0 spiro atoms. The predicted octanol–water partition coefficient (Wildman–Crippen LogP) is 2.66. The van der Waals surface area contributed by atoms with Crippen LogP contribution < -0.4 is 5.73 Å². The van der Waals surface area contributed by atoms with Crippen LogP contribution >= 0.6 is 22.1 Å². The van der Waals surface area contributed by atoms with Gasteiger partial charge in [0.05, 0.1) is 4.75 Å². The van der Waals surface area contributed by atoms with Gasteiger partial charge in [0.25, 0.3) is 0 Å². The number of benzene rings is 1. The molecular formula is C11H14ClNOS. The number of rotatable bonds is 3. The normalized spacial score (nSPS) is 13.5. The van der Waals surface area contributed by atoms with Crippen molar-refractivity contribution >= 4 is 33.9 Å². The van der Waals surface area contributed by atoms with Crippen LogP contribution in [0.25, 0.3) is 0 Å². The molecule has 0 aliphatic rings. The van der Waals surface area contributed by atoms with Crippen LogP contribution in [0.5, 0.6) is 0 Å². The van der Waals surface area contributed by atoms with Gasteiger partial charge in [-0.05, 0) is 38.1 Å².